The van der Waals surface area contributed by atoms with Crippen molar-refractivity contribution in [3.63, 3.8) is 0 Å². The van der Waals surface area contributed by atoms with Crippen molar-refractivity contribution in [2.45, 2.75) is 45.0 Å². The molecule has 4 N–H and O–H groups in total. The summed E-state index contributed by atoms with van der Waals surface area (Å²) >= 11 is 0. The minimum Gasteiger partial charge on any atom is -0.392 e. The number of urea groups is 1. The van der Waals surface area contributed by atoms with E-state index in [-0.39, 0.29) is 12.1 Å². The molecule has 1 atom stereocenters. The summed E-state index contributed by atoms with van der Waals surface area (Å²) in [4.78, 5) is 14.6. The highest BCUT2D eigenvalue weighted by Crippen LogP contribution is 2.25. The molecule has 6 heteroatoms. The van der Waals surface area contributed by atoms with Gasteiger partial charge in [0.1, 0.15) is 0 Å². The van der Waals surface area contributed by atoms with E-state index >= 15 is 0 Å². The first-order valence-electron chi connectivity index (χ1n) is 10.5. The van der Waals surface area contributed by atoms with E-state index in [1.165, 1.54) is 22.4 Å². The molecule has 0 aromatic heterocycles. The van der Waals surface area contributed by atoms with Crippen LogP contribution in [-0.4, -0.2) is 41.8 Å². The van der Waals surface area contributed by atoms with Crippen LogP contribution in [0.3, 0.4) is 0 Å². The Labute approximate surface area is 172 Å². The minimum absolute atomic E-state index is 0.155. The summed E-state index contributed by atoms with van der Waals surface area (Å²) in [5, 5.41) is 19.2. The highest BCUT2D eigenvalue weighted by molar-refractivity contribution is 5.74. The van der Waals surface area contributed by atoms with Gasteiger partial charge in [-0.2, -0.15) is 0 Å². The number of nitrogens with one attached hydrogen (secondary N) is 3. The van der Waals surface area contributed by atoms with Crippen molar-refractivity contribution >= 4 is 11.7 Å². The van der Waals surface area contributed by atoms with Gasteiger partial charge in [0, 0.05) is 45.0 Å². The number of fused-ring (bicyclic) bond motifs is 1. The smallest absolute Gasteiger partial charge is 0.315 e. The van der Waals surface area contributed by atoms with E-state index in [9.17, 15) is 9.90 Å². The molecule has 29 heavy (non-hydrogen) atoms. The van der Waals surface area contributed by atoms with Gasteiger partial charge in [-0.1, -0.05) is 36.4 Å². The van der Waals surface area contributed by atoms with E-state index in [4.69, 9.17) is 0 Å². The first-order chi connectivity index (χ1) is 14.2. The summed E-state index contributed by atoms with van der Waals surface area (Å²) < 4.78 is 0. The third-order valence-electron chi connectivity index (χ3n) is 5.83. The summed E-state index contributed by atoms with van der Waals surface area (Å²) in [6, 6.07) is 14.3. The number of aliphatic hydroxyl groups excluding tert-OH is 1. The van der Waals surface area contributed by atoms with E-state index in [1.54, 1.807) is 0 Å². The fourth-order valence-corrected chi connectivity index (χ4v) is 4.24. The second kappa shape index (κ2) is 9.29. The maximum Gasteiger partial charge on any atom is 0.315 e. The number of likely N-dealkylation sites (tertiary alicyclic amines) is 1. The zero-order chi connectivity index (χ0) is 20.1. The van der Waals surface area contributed by atoms with Crippen LogP contribution in [0.15, 0.2) is 42.5 Å². The van der Waals surface area contributed by atoms with Gasteiger partial charge in [0.15, 0.2) is 0 Å². The van der Waals surface area contributed by atoms with Gasteiger partial charge >= 0.3 is 6.03 Å². The summed E-state index contributed by atoms with van der Waals surface area (Å²) in [6.07, 6.45) is 2.80. The van der Waals surface area contributed by atoms with E-state index in [2.05, 4.69) is 45.1 Å². The van der Waals surface area contributed by atoms with Crippen molar-refractivity contribution in [3.05, 3.63) is 64.7 Å². The number of hydrogen-bond donors (Lipinski definition) is 4. The molecule has 1 unspecified atom stereocenters. The van der Waals surface area contributed by atoms with E-state index in [1.807, 2.05) is 18.2 Å². The van der Waals surface area contributed by atoms with Crippen LogP contribution in [0.4, 0.5) is 10.5 Å². The quantitative estimate of drug-likeness (QED) is 0.608. The van der Waals surface area contributed by atoms with Gasteiger partial charge in [-0.05, 0) is 47.6 Å². The zero-order valence-corrected chi connectivity index (χ0v) is 16.8. The van der Waals surface area contributed by atoms with Crippen LogP contribution in [0.2, 0.25) is 0 Å². The Morgan fingerprint density at radius 3 is 2.62 bits per heavy atom. The van der Waals surface area contributed by atoms with Gasteiger partial charge < -0.3 is 21.1 Å². The maximum atomic E-state index is 12.4. The van der Waals surface area contributed by atoms with Crippen molar-refractivity contribution in [3.8, 4) is 0 Å². The third kappa shape index (κ3) is 5.08. The minimum atomic E-state index is -0.218. The van der Waals surface area contributed by atoms with Crippen LogP contribution in [0.1, 0.15) is 35.1 Å². The van der Waals surface area contributed by atoms with Crippen molar-refractivity contribution in [2.75, 3.05) is 25.0 Å². The van der Waals surface area contributed by atoms with Gasteiger partial charge in [-0.25, -0.2) is 4.79 Å². The lowest BCUT2D eigenvalue weighted by molar-refractivity contribution is 0.174. The van der Waals surface area contributed by atoms with Crippen LogP contribution in [-0.2, 0) is 26.1 Å². The first kappa shape index (κ1) is 19.7. The molecule has 0 aliphatic carbocycles. The van der Waals surface area contributed by atoms with Crippen molar-refractivity contribution in [2.24, 2.45) is 0 Å². The summed E-state index contributed by atoms with van der Waals surface area (Å²) in [6.45, 7) is 4.48. The van der Waals surface area contributed by atoms with Gasteiger partial charge in [-0.15, -0.1) is 0 Å². The molecule has 154 valence electrons. The molecule has 2 amide bonds. The second-order valence-electron chi connectivity index (χ2n) is 7.96. The Morgan fingerprint density at radius 2 is 1.83 bits per heavy atom. The number of nitrogens with zero attached hydrogens (tertiary/aromatic N) is 1. The number of carbonyl (C=O) groups excluding carboxylic acids is 1. The van der Waals surface area contributed by atoms with Crippen LogP contribution < -0.4 is 16.0 Å². The fourth-order valence-electron chi connectivity index (χ4n) is 4.24. The van der Waals surface area contributed by atoms with E-state index in [0.717, 1.165) is 51.0 Å². The van der Waals surface area contributed by atoms with Crippen LogP contribution in [0.25, 0.3) is 0 Å². The molecule has 4 rings (SSSR count). The molecule has 2 aromatic carbocycles. The largest absolute Gasteiger partial charge is 0.392 e. The summed E-state index contributed by atoms with van der Waals surface area (Å²) in [7, 11) is 0. The topological polar surface area (TPSA) is 76.6 Å². The molecule has 0 radical (unpaired) electrons. The molecule has 1 fully saturated rings. The molecule has 0 bridgehead atoms. The molecule has 2 aromatic rings. The van der Waals surface area contributed by atoms with Crippen LogP contribution in [0, 0.1) is 0 Å². The van der Waals surface area contributed by atoms with Crippen LogP contribution >= 0.6 is 0 Å². The predicted octanol–water partition coefficient (Wildman–Crippen LogP) is 2.61. The van der Waals surface area contributed by atoms with E-state index in [0.29, 0.717) is 13.1 Å². The van der Waals surface area contributed by atoms with Crippen molar-refractivity contribution in [1.29, 1.82) is 0 Å². The Kier molecular flexibility index (Phi) is 6.32. The number of carbonyl (C=O) groups is 1. The average molecular weight is 395 g/mol. The number of rotatable bonds is 6. The molecule has 0 spiro atoms. The normalized spacial score (nSPS) is 18.7. The maximum absolute atomic E-state index is 12.4. The average Bonchev–Trinajstić information content (AvgIpc) is 3.16. The Morgan fingerprint density at radius 1 is 1.07 bits per heavy atom. The van der Waals surface area contributed by atoms with Gasteiger partial charge in [0.05, 0.1) is 6.10 Å². The number of anilines is 1. The monoisotopic (exact) mass is 394 g/mol. The second-order valence-corrected chi connectivity index (χ2v) is 7.96. The summed E-state index contributed by atoms with van der Waals surface area (Å²) in [5.74, 6) is 0. The molecule has 1 saturated heterocycles. The Hall–Kier alpha value is -2.57. The zero-order valence-electron chi connectivity index (χ0n) is 16.8. The highest BCUT2D eigenvalue weighted by atomic mass is 16.3. The summed E-state index contributed by atoms with van der Waals surface area (Å²) in [5.41, 5.74) is 6.00. The van der Waals surface area contributed by atoms with Gasteiger partial charge in [0.2, 0.25) is 0 Å². The Bertz CT molecular complexity index is 855. The number of benzene rings is 2. The number of hydrogen-bond acceptors (Lipinski definition) is 4. The SMILES string of the molecule is O=C(NCc1ccccc1CN1CCC(O)C1)NCc1cccc2c1CCCN2. The fraction of sp³-hybridized carbons (Fsp3) is 0.435. The van der Waals surface area contributed by atoms with Crippen molar-refractivity contribution < 1.29 is 9.90 Å². The first-order valence-corrected chi connectivity index (χ1v) is 10.5. The predicted molar refractivity (Wildman–Crippen MR) is 115 cm³/mol. The molecule has 2 heterocycles. The lowest BCUT2D eigenvalue weighted by atomic mass is 9.97. The van der Waals surface area contributed by atoms with E-state index < -0.39 is 0 Å². The third-order valence-corrected chi connectivity index (χ3v) is 5.83. The molecular formula is C23H30N4O2. The molecule has 2 aliphatic rings. The number of β-amino-alcohol motifs (C(OH)–C–C–N with tert-alkyl or cyclic N) is 1. The Balaban J connectivity index is 1.30. The molecule has 6 nitrogen and oxygen atoms in total. The number of amides is 2. The molecule has 0 saturated carbocycles. The standard InChI is InChI=1S/C23H30N4O2/c28-20-10-12-27(16-20)15-19-6-2-1-5-17(19)13-25-23(29)26-14-18-7-3-9-22-21(18)8-4-11-24-22/h1-3,5-7,9,20,24,28H,4,8,10-16H2,(H2,25,26,29). The molecular weight excluding hydrogens is 364 g/mol. The lowest BCUT2D eigenvalue weighted by Gasteiger charge is -2.21. The highest BCUT2D eigenvalue weighted by Gasteiger charge is 2.20. The molecule has 2 aliphatic heterocycles. The van der Waals surface area contributed by atoms with Gasteiger partial charge in [0.25, 0.3) is 0 Å². The van der Waals surface area contributed by atoms with Gasteiger partial charge in [-0.3, -0.25) is 4.90 Å². The number of aliphatic hydroxyl groups is 1. The van der Waals surface area contributed by atoms with Crippen molar-refractivity contribution in [1.82, 2.24) is 15.5 Å². The van der Waals surface area contributed by atoms with Crippen LogP contribution in [0.5, 0.6) is 0 Å². The lowest BCUT2D eigenvalue weighted by Crippen LogP contribution is -2.35.